The van der Waals surface area contributed by atoms with Gasteiger partial charge >= 0.3 is 0 Å². The maximum atomic E-state index is 10.0. The Balaban J connectivity index is 3.37. The van der Waals surface area contributed by atoms with Crippen LogP contribution in [0, 0.1) is 0 Å². The normalized spacial score (nSPS) is 13.2. The van der Waals surface area contributed by atoms with E-state index < -0.39 is 0 Å². The smallest absolute Gasteiger partial charge is 0.293 e. The molecule has 0 bridgehead atoms. The standard InChI is InChI=1S/C10H18O2/c1-3-5-6-7-8-10(4-2)12-9-11/h3,5,9-10H,4,6-8H2,1-2H3/b5-3+. The van der Waals surface area contributed by atoms with Crippen LogP contribution in [0.3, 0.4) is 0 Å². The average Bonchev–Trinajstić information content (AvgIpc) is 2.10. The number of carbonyl (C=O) groups excluding carboxylic acids is 1. The Morgan fingerprint density at radius 1 is 1.50 bits per heavy atom. The van der Waals surface area contributed by atoms with Crippen LogP contribution in [0.5, 0.6) is 0 Å². The third kappa shape index (κ3) is 5.96. The van der Waals surface area contributed by atoms with E-state index in [-0.39, 0.29) is 6.10 Å². The zero-order valence-electron chi connectivity index (χ0n) is 7.95. The van der Waals surface area contributed by atoms with Crippen molar-refractivity contribution < 1.29 is 9.53 Å². The lowest BCUT2D eigenvalue weighted by atomic mass is 10.1. The summed E-state index contributed by atoms with van der Waals surface area (Å²) in [5.74, 6) is 0. The first-order valence-electron chi connectivity index (χ1n) is 4.55. The number of hydrogen-bond acceptors (Lipinski definition) is 2. The number of allylic oxidation sites excluding steroid dienone is 2. The molecule has 0 aromatic rings. The molecule has 0 radical (unpaired) electrons. The highest BCUT2D eigenvalue weighted by Crippen LogP contribution is 2.07. The van der Waals surface area contributed by atoms with Gasteiger partial charge in [0.25, 0.3) is 6.47 Å². The third-order valence-corrected chi connectivity index (χ3v) is 1.84. The molecular weight excluding hydrogens is 152 g/mol. The molecule has 0 aliphatic rings. The van der Waals surface area contributed by atoms with Crippen LogP contribution in [-0.2, 0) is 9.53 Å². The predicted molar refractivity (Wildman–Crippen MR) is 49.9 cm³/mol. The van der Waals surface area contributed by atoms with Crippen LogP contribution in [-0.4, -0.2) is 12.6 Å². The molecule has 0 aliphatic heterocycles. The second-order valence-corrected chi connectivity index (χ2v) is 2.76. The molecule has 0 spiro atoms. The lowest BCUT2D eigenvalue weighted by Gasteiger charge is -2.11. The van der Waals surface area contributed by atoms with Crippen molar-refractivity contribution in [1.82, 2.24) is 0 Å². The Morgan fingerprint density at radius 2 is 2.25 bits per heavy atom. The minimum atomic E-state index is 0.118. The molecule has 0 aromatic carbocycles. The Bertz CT molecular complexity index is 130. The molecule has 0 heterocycles. The fraction of sp³-hybridized carbons (Fsp3) is 0.700. The van der Waals surface area contributed by atoms with Gasteiger partial charge in [-0.15, -0.1) is 0 Å². The van der Waals surface area contributed by atoms with Crippen molar-refractivity contribution in [3.05, 3.63) is 12.2 Å². The highest BCUT2D eigenvalue weighted by atomic mass is 16.5. The topological polar surface area (TPSA) is 26.3 Å². The molecular formula is C10H18O2. The molecule has 0 N–H and O–H groups in total. The molecule has 0 rings (SSSR count). The first kappa shape index (κ1) is 11.2. The summed E-state index contributed by atoms with van der Waals surface area (Å²) in [4.78, 5) is 10.0. The van der Waals surface area contributed by atoms with Crippen LogP contribution in [0.2, 0.25) is 0 Å². The Hall–Kier alpha value is -0.790. The number of hydrogen-bond donors (Lipinski definition) is 0. The van der Waals surface area contributed by atoms with E-state index in [0.717, 1.165) is 25.7 Å². The largest absolute Gasteiger partial charge is 0.465 e. The number of rotatable bonds is 7. The van der Waals surface area contributed by atoms with Crippen LogP contribution < -0.4 is 0 Å². The lowest BCUT2D eigenvalue weighted by molar-refractivity contribution is -0.134. The van der Waals surface area contributed by atoms with Crippen LogP contribution in [0.1, 0.15) is 39.5 Å². The molecule has 0 aromatic heterocycles. The second kappa shape index (κ2) is 8.31. The zero-order valence-corrected chi connectivity index (χ0v) is 7.95. The number of ether oxygens (including phenoxy) is 1. The summed E-state index contributed by atoms with van der Waals surface area (Å²) >= 11 is 0. The molecule has 2 heteroatoms. The summed E-state index contributed by atoms with van der Waals surface area (Å²) in [5, 5.41) is 0. The van der Waals surface area contributed by atoms with Gasteiger partial charge in [-0.2, -0.15) is 0 Å². The molecule has 0 amide bonds. The molecule has 1 unspecified atom stereocenters. The minimum absolute atomic E-state index is 0.118. The van der Waals surface area contributed by atoms with Gasteiger partial charge in [-0.3, -0.25) is 4.79 Å². The maximum absolute atomic E-state index is 10.0. The maximum Gasteiger partial charge on any atom is 0.293 e. The fourth-order valence-corrected chi connectivity index (χ4v) is 1.08. The first-order chi connectivity index (χ1) is 5.85. The number of unbranched alkanes of at least 4 members (excludes halogenated alkanes) is 1. The molecule has 2 nitrogen and oxygen atoms in total. The molecule has 0 saturated carbocycles. The van der Waals surface area contributed by atoms with Gasteiger partial charge in [0, 0.05) is 0 Å². The van der Waals surface area contributed by atoms with Crippen molar-refractivity contribution in [3.63, 3.8) is 0 Å². The Kier molecular flexibility index (Phi) is 7.76. The van der Waals surface area contributed by atoms with E-state index in [0.29, 0.717) is 6.47 Å². The van der Waals surface area contributed by atoms with Crippen molar-refractivity contribution >= 4 is 6.47 Å². The fourth-order valence-electron chi connectivity index (χ4n) is 1.08. The lowest BCUT2D eigenvalue weighted by Crippen LogP contribution is -2.09. The minimum Gasteiger partial charge on any atom is -0.465 e. The molecule has 1 atom stereocenters. The molecule has 0 aliphatic carbocycles. The van der Waals surface area contributed by atoms with Crippen molar-refractivity contribution in [2.45, 2.75) is 45.6 Å². The average molecular weight is 170 g/mol. The molecule has 0 fully saturated rings. The summed E-state index contributed by atoms with van der Waals surface area (Å²) in [7, 11) is 0. The number of carbonyl (C=O) groups is 1. The molecule has 12 heavy (non-hydrogen) atoms. The monoisotopic (exact) mass is 170 g/mol. The van der Waals surface area contributed by atoms with Crippen LogP contribution in [0.15, 0.2) is 12.2 Å². The van der Waals surface area contributed by atoms with E-state index in [9.17, 15) is 4.79 Å². The van der Waals surface area contributed by atoms with E-state index in [1.807, 2.05) is 19.9 Å². The van der Waals surface area contributed by atoms with Gasteiger partial charge in [0.05, 0.1) is 0 Å². The summed E-state index contributed by atoms with van der Waals surface area (Å²) in [6, 6.07) is 0. The SMILES string of the molecule is C/C=C/CCCC(CC)OC=O. The van der Waals surface area contributed by atoms with Crippen molar-refractivity contribution in [2.24, 2.45) is 0 Å². The summed E-state index contributed by atoms with van der Waals surface area (Å²) in [5.41, 5.74) is 0. The van der Waals surface area contributed by atoms with Crippen LogP contribution >= 0.6 is 0 Å². The first-order valence-corrected chi connectivity index (χ1v) is 4.55. The molecule has 70 valence electrons. The van der Waals surface area contributed by atoms with Gasteiger partial charge in [0.15, 0.2) is 0 Å². The Morgan fingerprint density at radius 3 is 2.75 bits per heavy atom. The zero-order chi connectivity index (χ0) is 9.23. The third-order valence-electron chi connectivity index (χ3n) is 1.84. The molecule has 0 saturated heterocycles. The van der Waals surface area contributed by atoms with Gasteiger partial charge < -0.3 is 4.74 Å². The summed E-state index contributed by atoms with van der Waals surface area (Å²) < 4.78 is 4.87. The van der Waals surface area contributed by atoms with Crippen molar-refractivity contribution in [2.75, 3.05) is 0 Å². The van der Waals surface area contributed by atoms with Crippen LogP contribution in [0.25, 0.3) is 0 Å². The summed E-state index contributed by atoms with van der Waals surface area (Å²) in [6.07, 6.45) is 8.35. The Labute approximate surface area is 74.6 Å². The van der Waals surface area contributed by atoms with E-state index in [2.05, 4.69) is 6.08 Å². The second-order valence-electron chi connectivity index (χ2n) is 2.76. The van der Waals surface area contributed by atoms with Crippen molar-refractivity contribution in [1.29, 1.82) is 0 Å². The van der Waals surface area contributed by atoms with E-state index in [1.165, 1.54) is 0 Å². The van der Waals surface area contributed by atoms with Crippen molar-refractivity contribution in [3.8, 4) is 0 Å². The van der Waals surface area contributed by atoms with E-state index >= 15 is 0 Å². The highest BCUT2D eigenvalue weighted by molar-refractivity contribution is 5.37. The van der Waals surface area contributed by atoms with Gasteiger partial charge in [0.2, 0.25) is 0 Å². The predicted octanol–water partition coefficient (Wildman–Crippen LogP) is 2.68. The van der Waals surface area contributed by atoms with Crippen LogP contribution in [0.4, 0.5) is 0 Å². The summed E-state index contributed by atoms with van der Waals surface area (Å²) in [6.45, 7) is 4.59. The van der Waals surface area contributed by atoms with Gasteiger partial charge in [-0.1, -0.05) is 19.1 Å². The van der Waals surface area contributed by atoms with Gasteiger partial charge in [-0.05, 0) is 32.6 Å². The highest BCUT2D eigenvalue weighted by Gasteiger charge is 2.03. The van der Waals surface area contributed by atoms with E-state index in [4.69, 9.17) is 4.74 Å². The van der Waals surface area contributed by atoms with Gasteiger partial charge in [-0.25, -0.2) is 0 Å². The van der Waals surface area contributed by atoms with Gasteiger partial charge in [0.1, 0.15) is 6.10 Å². The quantitative estimate of drug-likeness (QED) is 0.333. The van der Waals surface area contributed by atoms with E-state index in [1.54, 1.807) is 0 Å².